The van der Waals surface area contributed by atoms with Crippen molar-refractivity contribution in [2.45, 2.75) is 13.1 Å². The topological polar surface area (TPSA) is 138 Å². The van der Waals surface area contributed by atoms with Gasteiger partial charge in [0.1, 0.15) is 12.3 Å². The van der Waals surface area contributed by atoms with Crippen LogP contribution < -0.4 is 21.3 Å². The van der Waals surface area contributed by atoms with Gasteiger partial charge in [0.2, 0.25) is 5.91 Å². The number of nitrogens with one attached hydrogen (secondary N) is 1. The maximum Gasteiger partial charge on any atom is 0.332 e. The lowest BCUT2D eigenvalue weighted by atomic mass is 10.2. The Kier molecular flexibility index (Phi) is 6.17. The number of methoxy groups -OCH3 is 1. The number of rotatable bonds is 7. The molecule has 0 bridgehead atoms. The van der Waals surface area contributed by atoms with Crippen molar-refractivity contribution >= 4 is 28.3 Å². The van der Waals surface area contributed by atoms with E-state index in [0.717, 1.165) is 4.57 Å². The molecule has 0 aliphatic carbocycles. The first-order chi connectivity index (χ1) is 16.4. The maximum absolute atomic E-state index is 13.3. The van der Waals surface area contributed by atoms with Crippen LogP contribution in [0.15, 0.2) is 76.4 Å². The molecule has 0 aliphatic rings. The molecular formula is C23H19N5O6. The standard InChI is InChI=1S/C23H19N5O6/c1-34-18-10-4-15(5-11-18)13-27-22(30)21-19(3-2-12-24-21)26(23(27)31)14-20(29)25-16-6-8-17(9-7-16)28(32)33/h2-12H,13-14H2,1H3,(H,25,29). The predicted octanol–water partition coefficient (Wildman–Crippen LogP) is 2.16. The molecule has 0 unspecified atom stereocenters. The van der Waals surface area contributed by atoms with Crippen LogP contribution in [0.4, 0.5) is 11.4 Å². The van der Waals surface area contributed by atoms with Crippen molar-refractivity contribution in [2.24, 2.45) is 0 Å². The Morgan fingerprint density at radius 2 is 1.76 bits per heavy atom. The van der Waals surface area contributed by atoms with Gasteiger partial charge in [0, 0.05) is 24.0 Å². The number of anilines is 1. The number of benzene rings is 2. The minimum Gasteiger partial charge on any atom is -0.497 e. The number of amides is 1. The van der Waals surface area contributed by atoms with Crippen molar-refractivity contribution in [2.75, 3.05) is 12.4 Å². The van der Waals surface area contributed by atoms with Gasteiger partial charge in [-0.2, -0.15) is 0 Å². The first kappa shape index (κ1) is 22.4. The Balaban J connectivity index is 1.68. The number of aromatic nitrogens is 3. The van der Waals surface area contributed by atoms with Crippen molar-refractivity contribution in [3.8, 4) is 5.75 Å². The van der Waals surface area contributed by atoms with Gasteiger partial charge < -0.3 is 10.1 Å². The van der Waals surface area contributed by atoms with E-state index in [1.165, 1.54) is 42.1 Å². The largest absolute Gasteiger partial charge is 0.497 e. The summed E-state index contributed by atoms with van der Waals surface area (Å²) in [6, 6.07) is 15.3. The lowest BCUT2D eigenvalue weighted by molar-refractivity contribution is -0.384. The van der Waals surface area contributed by atoms with Crippen LogP contribution in [0.25, 0.3) is 11.0 Å². The van der Waals surface area contributed by atoms with Crippen LogP contribution in [0.3, 0.4) is 0 Å². The van der Waals surface area contributed by atoms with Crippen LogP contribution in [0.2, 0.25) is 0 Å². The van der Waals surface area contributed by atoms with Crippen molar-refractivity contribution in [1.82, 2.24) is 14.1 Å². The van der Waals surface area contributed by atoms with E-state index in [0.29, 0.717) is 17.0 Å². The number of pyridine rings is 1. The first-order valence-electron chi connectivity index (χ1n) is 10.1. The maximum atomic E-state index is 13.3. The van der Waals surface area contributed by atoms with E-state index in [1.807, 2.05) is 0 Å². The highest BCUT2D eigenvalue weighted by molar-refractivity contribution is 5.91. The number of ether oxygens (including phenoxy) is 1. The smallest absolute Gasteiger partial charge is 0.332 e. The van der Waals surface area contributed by atoms with E-state index in [1.54, 1.807) is 36.4 Å². The number of nitro benzene ring substituents is 1. The quantitative estimate of drug-likeness (QED) is 0.329. The molecule has 0 fully saturated rings. The second-order valence-electron chi connectivity index (χ2n) is 7.33. The van der Waals surface area contributed by atoms with Gasteiger partial charge in [-0.1, -0.05) is 12.1 Å². The molecule has 0 saturated heterocycles. The molecule has 2 aromatic carbocycles. The first-order valence-corrected chi connectivity index (χ1v) is 10.1. The normalized spacial score (nSPS) is 10.7. The summed E-state index contributed by atoms with van der Waals surface area (Å²) < 4.78 is 7.33. The summed E-state index contributed by atoms with van der Waals surface area (Å²) in [5.74, 6) is 0.0901. The summed E-state index contributed by atoms with van der Waals surface area (Å²) in [7, 11) is 1.54. The molecule has 4 aromatic rings. The Bertz CT molecular complexity index is 1490. The van der Waals surface area contributed by atoms with Gasteiger partial charge in [-0.15, -0.1) is 0 Å². The highest BCUT2D eigenvalue weighted by Gasteiger charge is 2.17. The lowest BCUT2D eigenvalue weighted by Crippen LogP contribution is -2.42. The molecule has 4 rings (SSSR count). The Morgan fingerprint density at radius 1 is 1.06 bits per heavy atom. The van der Waals surface area contributed by atoms with E-state index in [-0.39, 0.29) is 29.8 Å². The number of hydrogen-bond acceptors (Lipinski definition) is 7. The summed E-state index contributed by atoms with van der Waals surface area (Å²) in [6.07, 6.45) is 1.44. The molecule has 0 radical (unpaired) electrons. The molecule has 11 nitrogen and oxygen atoms in total. The zero-order valence-corrected chi connectivity index (χ0v) is 18.0. The van der Waals surface area contributed by atoms with E-state index >= 15 is 0 Å². The average Bonchev–Trinajstić information content (AvgIpc) is 2.85. The van der Waals surface area contributed by atoms with Crippen molar-refractivity contribution in [1.29, 1.82) is 0 Å². The fraction of sp³-hybridized carbons (Fsp3) is 0.130. The Labute approximate surface area is 192 Å². The molecule has 2 heterocycles. The van der Waals surface area contributed by atoms with Gasteiger partial charge in [0.25, 0.3) is 11.2 Å². The molecule has 1 amide bonds. The van der Waals surface area contributed by atoms with Crippen molar-refractivity contribution < 1.29 is 14.5 Å². The fourth-order valence-corrected chi connectivity index (χ4v) is 3.46. The van der Waals surface area contributed by atoms with E-state index < -0.39 is 22.1 Å². The SMILES string of the molecule is COc1ccc(Cn2c(=O)c3ncccc3n(CC(=O)Nc3ccc([N+](=O)[O-])cc3)c2=O)cc1. The molecule has 1 N–H and O–H groups in total. The second kappa shape index (κ2) is 9.36. The average molecular weight is 461 g/mol. The molecular weight excluding hydrogens is 442 g/mol. The van der Waals surface area contributed by atoms with Crippen LogP contribution in [-0.4, -0.2) is 32.1 Å². The van der Waals surface area contributed by atoms with Gasteiger partial charge in [-0.3, -0.25) is 28.8 Å². The number of hydrogen-bond donors (Lipinski definition) is 1. The highest BCUT2D eigenvalue weighted by atomic mass is 16.6. The van der Waals surface area contributed by atoms with E-state index in [9.17, 15) is 24.5 Å². The third-order valence-electron chi connectivity index (χ3n) is 5.15. The lowest BCUT2D eigenvalue weighted by Gasteiger charge is -2.14. The number of carbonyl (C=O) groups excluding carboxylic acids is 1. The summed E-state index contributed by atoms with van der Waals surface area (Å²) in [5, 5.41) is 13.4. The fourth-order valence-electron chi connectivity index (χ4n) is 3.46. The number of nitrogens with zero attached hydrogens (tertiary/aromatic N) is 4. The minimum absolute atomic E-state index is 0.0157. The molecule has 0 spiro atoms. The van der Waals surface area contributed by atoms with Gasteiger partial charge in [0.05, 0.1) is 24.1 Å². The third kappa shape index (κ3) is 4.53. The Hall–Kier alpha value is -4.80. The van der Waals surface area contributed by atoms with Crippen LogP contribution in [0, 0.1) is 10.1 Å². The Morgan fingerprint density at radius 3 is 2.41 bits per heavy atom. The minimum atomic E-state index is -0.667. The molecule has 0 saturated carbocycles. The van der Waals surface area contributed by atoms with Crippen LogP contribution in [0.1, 0.15) is 5.56 Å². The van der Waals surface area contributed by atoms with Gasteiger partial charge in [0.15, 0.2) is 5.52 Å². The molecule has 2 aromatic heterocycles. The van der Waals surface area contributed by atoms with Gasteiger partial charge in [-0.25, -0.2) is 9.78 Å². The van der Waals surface area contributed by atoms with Crippen molar-refractivity contribution in [3.05, 3.63) is 103 Å². The number of fused-ring (bicyclic) bond motifs is 1. The van der Waals surface area contributed by atoms with Gasteiger partial charge in [-0.05, 0) is 42.0 Å². The highest BCUT2D eigenvalue weighted by Crippen LogP contribution is 2.16. The molecule has 0 aliphatic heterocycles. The van der Waals surface area contributed by atoms with E-state index in [2.05, 4.69) is 10.3 Å². The molecule has 172 valence electrons. The molecule has 34 heavy (non-hydrogen) atoms. The number of carbonyl (C=O) groups is 1. The van der Waals surface area contributed by atoms with E-state index in [4.69, 9.17) is 4.74 Å². The number of non-ortho nitro benzene ring substituents is 1. The van der Waals surface area contributed by atoms with Gasteiger partial charge >= 0.3 is 5.69 Å². The monoisotopic (exact) mass is 461 g/mol. The predicted molar refractivity (Wildman–Crippen MR) is 124 cm³/mol. The molecule has 11 heteroatoms. The summed E-state index contributed by atoms with van der Waals surface area (Å²) in [4.78, 5) is 53.3. The van der Waals surface area contributed by atoms with Crippen LogP contribution >= 0.6 is 0 Å². The van der Waals surface area contributed by atoms with Crippen molar-refractivity contribution in [3.63, 3.8) is 0 Å². The summed E-state index contributed by atoms with van der Waals surface area (Å²) in [5.41, 5.74) is -0.0450. The number of nitro groups is 1. The zero-order chi connectivity index (χ0) is 24.2. The molecule has 0 atom stereocenters. The third-order valence-corrected chi connectivity index (χ3v) is 5.15. The summed E-state index contributed by atoms with van der Waals surface area (Å²) >= 11 is 0. The van der Waals surface area contributed by atoms with Crippen LogP contribution in [0.5, 0.6) is 5.75 Å². The second-order valence-corrected chi connectivity index (χ2v) is 7.33. The summed E-state index contributed by atoms with van der Waals surface area (Å²) in [6.45, 7) is -0.404. The zero-order valence-electron chi connectivity index (χ0n) is 18.0. The van der Waals surface area contributed by atoms with Crippen LogP contribution in [-0.2, 0) is 17.9 Å².